The number of halogens is 1. The van der Waals surface area contributed by atoms with Crippen molar-refractivity contribution in [2.75, 3.05) is 0 Å². The van der Waals surface area contributed by atoms with Crippen LogP contribution in [0.4, 0.5) is 0 Å². The van der Waals surface area contributed by atoms with Crippen molar-refractivity contribution < 1.29 is 4.79 Å². The summed E-state index contributed by atoms with van der Waals surface area (Å²) in [7, 11) is 0. The number of benzene rings is 1. The summed E-state index contributed by atoms with van der Waals surface area (Å²) in [5.74, 6) is -0.672. The lowest BCUT2D eigenvalue weighted by molar-refractivity contribution is 0.0998. The van der Waals surface area contributed by atoms with Crippen LogP contribution in [0, 0.1) is 5.41 Å². The Morgan fingerprint density at radius 1 is 1.32 bits per heavy atom. The average Bonchev–Trinajstić information content (AvgIpc) is 2.40. The standard InChI is InChI=1S/C14H12ClN3O/c15-11-8-12(14(17)19)13(16)18(9-11)7-6-10-4-2-1-3-5-10/h1-9,16H,(H2,17,19). The monoisotopic (exact) mass is 273 g/mol. The van der Waals surface area contributed by atoms with E-state index in [0.717, 1.165) is 5.56 Å². The van der Waals surface area contributed by atoms with Gasteiger partial charge in [-0.15, -0.1) is 0 Å². The molecule has 3 N–H and O–H groups in total. The molecule has 4 nitrogen and oxygen atoms in total. The second kappa shape index (κ2) is 5.54. The summed E-state index contributed by atoms with van der Waals surface area (Å²) < 4.78 is 1.45. The summed E-state index contributed by atoms with van der Waals surface area (Å²) >= 11 is 5.90. The highest BCUT2D eigenvalue weighted by Crippen LogP contribution is 2.08. The molecule has 0 radical (unpaired) electrons. The number of nitrogens with zero attached hydrogens (tertiary/aromatic N) is 1. The van der Waals surface area contributed by atoms with Crippen molar-refractivity contribution in [3.05, 3.63) is 64.2 Å². The van der Waals surface area contributed by atoms with Gasteiger partial charge in [-0.1, -0.05) is 41.9 Å². The molecule has 1 heterocycles. The second-order valence-corrected chi connectivity index (χ2v) is 4.35. The Balaban J connectivity index is 2.44. The molecule has 19 heavy (non-hydrogen) atoms. The number of aromatic nitrogens is 1. The number of nitrogens with one attached hydrogen (secondary N) is 1. The summed E-state index contributed by atoms with van der Waals surface area (Å²) in [5.41, 5.74) is 6.28. The van der Waals surface area contributed by atoms with E-state index in [4.69, 9.17) is 22.7 Å². The number of hydrogen-bond donors (Lipinski definition) is 2. The fraction of sp³-hybridized carbons (Fsp3) is 0. The third kappa shape index (κ3) is 3.11. The molecule has 1 aromatic carbocycles. The number of carbonyl (C=O) groups is 1. The van der Waals surface area contributed by atoms with Crippen molar-refractivity contribution in [3.8, 4) is 0 Å². The summed E-state index contributed by atoms with van der Waals surface area (Å²) in [6.45, 7) is 0. The molecule has 0 bridgehead atoms. The van der Waals surface area contributed by atoms with Crippen LogP contribution in [-0.4, -0.2) is 10.5 Å². The molecular weight excluding hydrogens is 262 g/mol. The molecule has 96 valence electrons. The van der Waals surface area contributed by atoms with E-state index >= 15 is 0 Å². The highest BCUT2D eigenvalue weighted by Gasteiger charge is 2.06. The lowest BCUT2D eigenvalue weighted by atomic mass is 10.2. The highest BCUT2D eigenvalue weighted by atomic mass is 35.5. The Kier molecular flexibility index (Phi) is 3.82. The maximum Gasteiger partial charge on any atom is 0.252 e. The van der Waals surface area contributed by atoms with Gasteiger partial charge < -0.3 is 10.3 Å². The van der Waals surface area contributed by atoms with Gasteiger partial charge in [-0.25, -0.2) is 0 Å². The van der Waals surface area contributed by atoms with Gasteiger partial charge in [0.15, 0.2) is 0 Å². The van der Waals surface area contributed by atoms with E-state index in [1.165, 1.54) is 10.6 Å². The number of primary amides is 1. The van der Waals surface area contributed by atoms with Crippen molar-refractivity contribution in [1.82, 2.24) is 4.57 Å². The molecule has 0 unspecified atom stereocenters. The van der Waals surface area contributed by atoms with E-state index < -0.39 is 5.91 Å². The molecule has 2 rings (SSSR count). The third-order valence-corrected chi connectivity index (χ3v) is 2.76. The zero-order chi connectivity index (χ0) is 13.8. The first-order valence-electron chi connectivity index (χ1n) is 5.57. The minimum Gasteiger partial charge on any atom is -0.365 e. The Morgan fingerprint density at radius 3 is 2.63 bits per heavy atom. The van der Waals surface area contributed by atoms with Crippen molar-refractivity contribution in [2.24, 2.45) is 5.73 Å². The van der Waals surface area contributed by atoms with Gasteiger partial charge >= 0.3 is 0 Å². The first-order valence-corrected chi connectivity index (χ1v) is 5.95. The molecule has 0 aliphatic heterocycles. The number of amides is 1. The smallest absolute Gasteiger partial charge is 0.252 e. The SMILES string of the molecule is N=c1c(C(N)=O)cc(Cl)cn1C=Cc1ccccc1. The predicted molar refractivity (Wildman–Crippen MR) is 75.5 cm³/mol. The fourth-order valence-electron chi connectivity index (χ4n) is 1.62. The summed E-state index contributed by atoms with van der Waals surface area (Å²) in [6, 6.07) is 11.0. The number of nitrogens with two attached hydrogens (primary N) is 1. The molecule has 0 aliphatic rings. The second-order valence-electron chi connectivity index (χ2n) is 3.92. The molecule has 5 heteroatoms. The average molecular weight is 274 g/mol. The van der Waals surface area contributed by atoms with Crippen LogP contribution in [0.3, 0.4) is 0 Å². The minimum absolute atomic E-state index is 0.00378. The van der Waals surface area contributed by atoms with E-state index in [9.17, 15) is 4.79 Å². The molecule has 2 aromatic rings. The predicted octanol–water partition coefficient (Wildman–Crippen LogP) is 2.35. The lowest BCUT2D eigenvalue weighted by Gasteiger charge is -2.05. The van der Waals surface area contributed by atoms with Crippen LogP contribution in [-0.2, 0) is 0 Å². The van der Waals surface area contributed by atoms with Crippen molar-refractivity contribution in [3.63, 3.8) is 0 Å². The largest absolute Gasteiger partial charge is 0.365 e. The van der Waals surface area contributed by atoms with E-state index in [2.05, 4.69) is 0 Å². The zero-order valence-electron chi connectivity index (χ0n) is 10.0. The van der Waals surface area contributed by atoms with Gasteiger partial charge in [-0.2, -0.15) is 0 Å². The topological polar surface area (TPSA) is 71.9 Å². The molecule has 0 spiro atoms. The maximum atomic E-state index is 11.2. The summed E-state index contributed by atoms with van der Waals surface area (Å²) in [5, 5.41) is 8.24. The first kappa shape index (κ1) is 13.1. The number of hydrogen-bond acceptors (Lipinski definition) is 2. The molecule has 0 fully saturated rings. The third-order valence-electron chi connectivity index (χ3n) is 2.55. The van der Waals surface area contributed by atoms with Crippen molar-refractivity contribution in [1.29, 1.82) is 5.41 Å². The molecule has 0 saturated carbocycles. The zero-order valence-corrected chi connectivity index (χ0v) is 10.8. The Hall–Kier alpha value is -2.33. The van der Waals surface area contributed by atoms with Gasteiger partial charge in [0.05, 0.1) is 10.6 Å². The Labute approximate surface area is 115 Å². The normalized spacial score (nSPS) is 10.8. The van der Waals surface area contributed by atoms with E-state index in [1.807, 2.05) is 36.4 Å². The minimum atomic E-state index is -0.672. The first-order chi connectivity index (χ1) is 9.08. The van der Waals surface area contributed by atoms with Crippen LogP contribution in [0.25, 0.3) is 12.3 Å². The molecule has 1 amide bonds. The molecule has 0 atom stereocenters. The van der Waals surface area contributed by atoms with Crippen LogP contribution < -0.4 is 11.2 Å². The van der Waals surface area contributed by atoms with Crippen molar-refractivity contribution >= 4 is 29.8 Å². The van der Waals surface area contributed by atoms with E-state index in [0.29, 0.717) is 5.02 Å². The molecule has 1 aromatic heterocycles. The van der Waals surface area contributed by atoms with Gasteiger partial charge in [-0.3, -0.25) is 10.2 Å². The summed E-state index contributed by atoms with van der Waals surface area (Å²) in [4.78, 5) is 11.2. The number of carbonyl (C=O) groups excluding carboxylic acids is 1. The quantitative estimate of drug-likeness (QED) is 0.885. The van der Waals surface area contributed by atoms with Gasteiger partial charge in [0.25, 0.3) is 5.91 Å². The molecule has 0 saturated heterocycles. The van der Waals surface area contributed by atoms with Crippen molar-refractivity contribution in [2.45, 2.75) is 0 Å². The van der Waals surface area contributed by atoms with Gasteiger partial charge in [0.1, 0.15) is 5.49 Å². The molecule has 0 aliphatic carbocycles. The van der Waals surface area contributed by atoms with Gasteiger partial charge in [-0.05, 0) is 17.7 Å². The van der Waals surface area contributed by atoms with E-state index in [1.54, 1.807) is 12.4 Å². The molecular formula is C14H12ClN3O. The Morgan fingerprint density at radius 2 is 2.00 bits per heavy atom. The number of pyridine rings is 1. The number of rotatable bonds is 3. The van der Waals surface area contributed by atoms with Gasteiger partial charge in [0.2, 0.25) is 0 Å². The van der Waals surface area contributed by atoms with Gasteiger partial charge in [0, 0.05) is 12.4 Å². The Bertz CT molecular complexity index is 690. The van der Waals surface area contributed by atoms with Crippen LogP contribution in [0.2, 0.25) is 5.02 Å². The van der Waals surface area contributed by atoms with Crippen LogP contribution >= 0.6 is 11.6 Å². The lowest BCUT2D eigenvalue weighted by Crippen LogP contribution is -2.27. The van der Waals surface area contributed by atoms with Crippen LogP contribution in [0.15, 0.2) is 42.6 Å². The van der Waals surface area contributed by atoms with Crippen LogP contribution in [0.5, 0.6) is 0 Å². The fourth-order valence-corrected chi connectivity index (χ4v) is 1.83. The maximum absolute atomic E-state index is 11.2. The summed E-state index contributed by atoms with van der Waals surface area (Å²) in [6.07, 6.45) is 5.03. The highest BCUT2D eigenvalue weighted by molar-refractivity contribution is 6.30. The van der Waals surface area contributed by atoms with E-state index in [-0.39, 0.29) is 11.1 Å². The van der Waals surface area contributed by atoms with Crippen LogP contribution in [0.1, 0.15) is 15.9 Å².